The molecule has 0 fully saturated rings. The first kappa shape index (κ1) is 17.6. The molecule has 0 bridgehead atoms. The standard InChI is InChI=1S/C19H20N4O3/c1-11-9-14(16-12(2)22-23(3)17(16)21-11)18(24)20-10-15(19(25)26)13-7-5-4-6-8-13/h4-9,15H,10H2,1-3H3,(H,20,24)(H,25,26). The van der Waals surface area contributed by atoms with Gasteiger partial charge in [-0.15, -0.1) is 0 Å². The van der Waals surface area contributed by atoms with Gasteiger partial charge in [-0.1, -0.05) is 30.3 Å². The molecule has 0 radical (unpaired) electrons. The fraction of sp³-hybridized carbons (Fsp3) is 0.263. The number of carbonyl (C=O) groups is 2. The number of aliphatic carboxylic acids is 1. The van der Waals surface area contributed by atoms with Crippen molar-refractivity contribution in [3.63, 3.8) is 0 Å². The van der Waals surface area contributed by atoms with Crippen LogP contribution >= 0.6 is 0 Å². The molecule has 0 saturated carbocycles. The zero-order valence-electron chi connectivity index (χ0n) is 14.9. The summed E-state index contributed by atoms with van der Waals surface area (Å²) in [5, 5.41) is 17.3. The maximum absolute atomic E-state index is 12.8. The van der Waals surface area contributed by atoms with Crippen molar-refractivity contribution >= 4 is 22.9 Å². The molecular formula is C19H20N4O3. The molecule has 26 heavy (non-hydrogen) atoms. The minimum Gasteiger partial charge on any atom is -0.481 e. The molecule has 7 heteroatoms. The van der Waals surface area contributed by atoms with E-state index in [4.69, 9.17) is 0 Å². The smallest absolute Gasteiger partial charge is 0.312 e. The van der Waals surface area contributed by atoms with Crippen molar-refractivity contribution in [3.05, 3.63) is 58.9 Å². The summed E-state index contributed by atoms with van der Waals surface area (Å²) >= 11 is 0. The molecule has 1 unspecified atom stereocenters. The van der Waals surface area contributed by atoms with Crippen molar-refractivity contribution in [3.8, 4) is 0 Å². The number of benzene rings is 1. The largest absolute Gasteiger partial charge is 0.481 e. The van der Waals surface area contributed by atoms with Crippen molar-refractivity contribution in [2.24, 2.45) is 7.05 Å². The fourth-order valence-electron chi connectivity index (χ4n) is 3.07. The number of rotatable bonds is 5. The van der Waals surface area contributed by atoms with Crippen LogP contribution in [0.25, 0.3) is 11.0 Å². The summed E-state index contributed by atoms with van der Waals surface area (Å²) in [5.74, 6) is -2.13. The summed E-state index contributed by atoms with van der Waals surface area (Å²) in [4.78, 5) is 28.8. The van der Waals surface area contributed by atoms with Crippen molar-refractivity contribution in [2.75, 3.05) is 6.54 Å². The number of nitrogens with one attached hydrogen (secondary N) is 1. The van der Waals surface area contributed by atoms with Crippen molar-refractivity contribution in [2.45, 2.75) is 19.8 Å². The zero-order valence-corrected chi connectivity index (χ0v) is 14.9. The summed E-state index contributed by atoms with van der Waals surface area (Å²) in [7, 11) is 1.78. The summed E-state index contributed by atoms with van der Waals surface area (Å²) in [6.07, 6.45) is 0. The van der Waals surface area contributed by atoms with Crippen LogP contribution in [0, 0.1) is 13.8 Å². The molecule has 0 spiro atoms. The number of hydrogen-bond acceptors (Lipinski definition) is 4. The minimum absolute atomic E-state index is 0.000351. The second-order valence-electron chi connectivity index (χ2n) is 6.23. The Morgan fingerprint density at radius 1 is 1.23 bits per heavy atom. The molecule has 1 aromatic carbocycles. The fourth-order valence-corrected chi connectivity index (χ4v) is 3.07. The van der Waals surface area contributed by atoms with Crippen LogP contribution in [-0.4, -0.2) is 38.3 Å². The van der Waals surface area contributed by atoms with Gasteiger partial charge in [0.05, 0.1) is 22.6 Å². The molecule has 1 atom stereocenters. The van der Waals surface area contributed by atoms with Gasteiger partial charge in [0, 0.05) is 19.3 Å². The monoisotopic (exact) mass is 352 g/mol. The maximum atomic E-state index is 12.8. The molecule has 0 saturated heterocycles. The van der Waals surface area contributed by atoms with E-state index in [9.17, 15) is 14.7 Å². The van der Waals surface area contributed by atoms with Crippen molar-refractivity contribution < 1.29 is 14.7 Å². The van der Waals surface area contributed by atoms with Gasteiger partial charge < -0.3 is 10.4 Å². The zero-order chi connectivity index (χ0) is 18.8. The highest BCUT2D eigenvalue weighted by Crippen LogP contribution is 2.22. The lowest BCUT2D eigenvalue weighted by molar-refractivity contribution is -0.138. The van der Waals surface area contributed by atoms with E-state index >= 15 is 0 Å². The van der Waals surface area contributed by atoms with E-state index in [0.29, 0.717) is 33.5 Å². The van der Waals surface area contributed by atoms with E-state index in [1.54, 1.807) is 42.1 Å². The van der Waals surface area contributed by atoms with Gasteiger partial charge in [0.25, 0.3) is 5.91 Å². The number of carbonyl (C=O) groups excluding carboxylic acids is 1. The number of hydrogen-bond donors (Lipinski definition) is 2. The molecule has 2 aromatic heterocycles. The van der Waals surface area contributed by atoms with Gasteiger partial charge in [0.2, 0.25) is 0 Å². The normalized spacial score (nSPS) is 12.1. The Balaban J connectivity index is 1.89. The Morgan fingerprint density at radius 2 is 1.92 bits per heavy atom. The van der Waals surface area contributed by atoms with Crippen molar-refractivity contribution in [1.29, 1.82) is 0 Å². The molecule has 0 aliphatic rings. The highest BCUT2D eigenvalue weighted by atomic mass is 16.4. The Morgan fingerprint density at radius 3 is 2.58 bits per heavy atom. The van der Waals surface area contributed by atoms with Crippen LogP contribution in [0.4, 0.5) is 0 Å². The van der Waals surface area contributed by atoms with Crippen molar-refractivity contribution in [1.82, 2.24) is 20.1 Å². The molecule has 3 aromatic rings. The van der Waals surface area contributed by atoms with Gasteiger partial charge in [-0.2, -0.15) is 5.10 Å². The van der Waals surface area contributed by atoms with Crippen LogP contribution in [0.2, 0.25) is 0 Å². The van der Waals surface area contributed by atoms with Gasteiger partial charge in [-0.3, -0.25) is 14.3 Å². The second kappa shape index (κ2) is 6.95. The van der Waals surface area contributed by atoms with Crippen LogP contribution in [0.1, 0.15) is 33.2 Å². The van der Waals surface area contributed by atoms with Crippen LogP contribution < -0.4 is 5.32 Å². The van der Waals surface area contributed by atoms with Crippen LogP contribution in [0.5, 0.6) is 0 Å². The number of pyridine rings is 1. The van der Waals surface area contributed by atoms with Gasteiger partial charge in [0.1, 0.15) is 0 Å². The van der Waals surface area contributed by atoms with Crippen LogP contribution in [0.15, 0.2) is 36.4 Å². The second-order valence-corrected chi connectivity index (χ2v) is 6.23. The predicted molar refractivity (Wildman–Crippen MR) is 97.1 cm³/mol. The number of amides is 1. The Bertz CT molecular complexity index is 979. The molecule has 2 heterocycles. The highest BCUT2D eigenvalue weighted by Gasteiger charge is 2.22. The summed E-state index contributed by atoms with van der Waals surface area (Å²) < 4.78 is 1.64. The predicted octanol–water partition coefficient (Wildman–Crippen LogP) is 2.18. The molecule has 0 aliphatic heterocycles. The van der Waals surface area contributed by atoms with E-state index in [0.717, 1.165) is 0 Å². The van der Waals surface area contributed by atoms with Crippen LogP contribution in [0.3, 0.4) is 0 Å². The number of aromatic nitrogens is 3. The topological polar surface area (TPSA) is 97.1 Å². The Hall–Kier alpha value is -3.22. The number of fused-ring (bicyclic) bond motifs is 1. The maximum Gasteiger partial charge on any atom is 0.312 e. The van der Waals surface area contributed by atoms with Crippen LogP contribution in [-0.2, 0) is 11.8 Å². The van der Waals surface area contributed by atoms with E-state index in [2.05, 4.69) is 15.4 Å². The average molecular weight is 352 g/mol. The molecular weight excluding hydrogens is 332 g/mol. The molecule has 2 N–H and O–H groups in total. The SMILES string of the molecule is Cc1cc(C(=O)NCC(C(=O)O)c2ccccc2)c2c(C)nn(C)c2n1. The number of nitrogens with zero attached hydrogens (tertiary/aromatic N) is 3. The highest BCUT2D eigenvalue weighted by molar-refractivity contribution is 6.06. The molecule has 0 aliphatic carbocycles. The van der Waals surface area contributed by atoms with Gasteiger partial charge in [-0.05, 0) is 25.5 Å². The van der Waals surface area contributed by atoms with E-state index in [-0.39, 0.29) is 12.5 Å². The van der Waals surface area contributed by atoms with E-state index in [1.807, 2.05) is 19.9 Å². The summed E-state index contributed by atoms with van der Waals surface area (Å²) in [5.41, 5.74) is 3.14. The third-order valence-electron chi connectivity index (χ3n) is 4.31. The van der Waals surface area contributed by atoms with Gasteiger partial charge >= 0.3 is 5.97 Å². The minimum atomic E-state index is -0.981. The lowest BCUT2D eigenvalue weighted by Crippen LogP contribution is -2.32. The van der Waals surface area contributed by atoms with Gasteiger partial charge in [-0.25, -0.2) is 4.98 Å². The average Bonchev–Trinajstić information content (AvgIpc) is 2.89. The quantitative estimate of drug-likeness (QED) is 0.733. The molecule has 3 rings (SSSR count). The summed E-state index contributed by atoms with van der Waals surface area (Å²) in [6.45, 7) is 3.63. The molecule has 7 nitrogen and oxygen atoms in total. The molecule has 134 valence electrons. The first-order chi connectivity index (χ1) is 12.4. The third-order valence-corrected chi connectivity index (χ3v) is 4.31. The lowest BCUT2D eigenvalue weighted by Gasteiger charge is -2.14. The van der Waals surface area contributed by atoms with E-state index in [1.165, 1.54) is 0 Å². The first-order valence-electron chi connectivity index (χ1n) is 8.25. The first-order valence-corrected chi connectivity index (χ1v) is 8.25. The van der Waals surface area contributed by atoms with Gasteiger partial charge in [0.15, 0.2) is 5.65 Å². The third kappa shape index (κ3) is 3.28. The number of aryl methyl sites for hydroxylation is 3. The Kier molecular flexibility index (Phi) is 4.71. The number of carboxylic acids is 1. The lowest BCUT2D eigenvalue weighted by atomic mass is 9.99. The van der Waals surface area contributed by atoms with E-state index < -0.39 is 11.9 Å². The molecule has 1 amide bonds. The number of carboxylic acid groups (broad SMARTS) is 1. The Labute approximate surface area is 150 Å². The summed E-state index contributed by atoms with van der Waals surface area (Å²) in [6, 6.07) is 10.6.